The number of likely N-dealkylation sites (N-methyl/N-ethyl adjacent to an activating group) is 1. The number of rotatable bonds is 1. The first kappa shape index (κ1) is 10.2. The van der Waals surface area contributed by atoms with Gasteiger partial charge in [-0.05, 0) is 12.5 Å². The molecule has 1 aliphatic rings. The maximum absolute atomic E-state index is 13.6. The van der Waals surface area contributed by atoms with Crippen LogP contribution in [0.25, 0.3) is 0 Å². The van der Waals surface area contributed by atoms with E-state index in [4.69, 9.17) is 0 Å². The largest absolute Gasteiger partial charge is 0.381 e. The Morgan fingerprint density at radius 2 is 2.20 bits per heavy atom. The van der Waals surface area contributed by atoms with Crippen LogP contribution >= 0.6 is 0 Å². The quantitative estimate of drug-likeness (QED) is 0.769. The van der Waals surface area contributed by atoms with Crippen LogP contribution in [0.1, 0.15) is 13.3 Å². The summed E-state index contributed by atoms with van der Waals surface area (Å²) in [4.78, 5) is 1.88. The third-order valence-corrected chi connectivity index (χ3v) is 2.93. The minimum atomic E-state index is -0.540. The molecule has 0 saturated carbocycles. The van der Waals surface area contributed by atoms with Crippen LogP contribution in [0.5, 0.6) is 0 Å². The molecule has 0 amide bonds. The topological polar surface area (TPSA) is 15.3 Å². The molecule has 1 aliphatic heterocycles. The van der Waals surface area contributed by atoms with Crippen LogP contribution in [-0.4, -0.2) is 19.6 Å². The summed E-state index contributed by atoms with van der Waals surface area (Å²) in [6, 6.07) is 2.52. The fourth-order valence-electron chi connectivity index (χ4n) is 2.02. The maximum atomic E-state index is 13.6. The van der Waals surface area contributed by atoms with Crippen LogP contribution in [0.15, 0.2) is 12.1 Å². The number of hydrogen-bond acceptors (Lipinski definition) is 2. The minimum Gasteiger partial charge on any atom is -0.381 e. The molecule has 82 valence electrons. The minimum absolute atomic E-state index is 0.262. The molecule has 2 rings (SSSR count). The lowest BCUT2D eigenvalue weighted by Gasteiger charge is -2.36. The van der Waals surface area contributed by atoms with E-state index in [1.807, 2.05) is 11.9 Å². The van der Waals surface area contributed by atoms with E-state index in [1.165, 1.54) is 6.07 Å². The van der Waals surface area contributed by atoms with E-state index in [0.717, 1.165) is 19.0 Å². The summed E-state index contributed by atoms with van der Waals surface area (Å²) in [6.07, 6.45) is 0.930. The molecule has 1 N–H and O–H groups in total. The van der Waals surface area contributed by atoms with Crippen molar-refractivity contribution in [3.8, 4) is 0 Å². The normalized spacial score (nSPS) is 19.7. The van der Waals surface area contributed by atoms with E-state index < -0.39 is 11.6 Å². The highest BCUT2D eigenvalue weighted by molar-refractivity contribution is 5.73. The zero-order chi connectivity index (χ0) is 11.0. The molecule has 0 aliphatic carbocycles. The van der Waals surface area contributed by atoms with E-state index in [1.54, 1.807) is 0 Å². The zero-order valence-corrected chi connectivity index (χ0v) is 8.85. The van der Waals surface area contributed by atoms with Gasteiger partial charge in [-0.3, -0.25) is 0 Å². The van der Waals surface area contributed by atoms with Crippen LogP contribution in [0.3, 0.4) is 0 Å². The van der Waals surface area contributed by atoms with Crippen LogP contribution < -0.4 is 10.2 Å². The van der Waals surface area contributed by atoms with Crippen LogP contribution in [-0.2, 0) is 0 Å². The number of hydrogen-bond donors (Lipinski definition) is 1. The maximum Gasteiger partial charge on any atom is 0.151 e. The third-order valence-electron chi connectivity index (χ3n) is 2.93. The summed E-state index contributed by atoms with van der Waals surface area (Å²) in [5, 5.41) is 3.05. The summed E-state index contributed by atoms with van der Waals surface area (Å²) in [5.74, 6) is -1.04. The van der Waals surface area contributed by atoms with Crippen LogP contribution in [0.4, 0.5) is 20.2 Å². The van der Waals surface area contributed by atoms with E-state index in [9.17, 15) is 8.78 Å². The van der Waals surface area contributed by atoms with Gasteiger partial charge >= 0.3 is 0 Å². The lowest BCUT2D eigenvalue weighted by molar-refractivity contribution is 0.558. The first-order chi connectivity index (χ1) is 7.13. The predicted octanol–water partition coefficient (Wildman–Crippen LogP) is 2.61. The number of benzene rings is 1. The van der Waals surface area contributed by atoms with E-state index in [0.29, 0.717) is 11.4 Å². The van der Waals surface area contributed by atoms with Crippen molar-refractivity contribution in [3.05, 3.63) is 23.8 Å². The monoisotopic (exact) mass is 212 g/mol. The van der Waals surface area contributed by atoms with E-state index in [2.05, 4.69) is 12.2 Å². The van der Waals surface area contributed by atoms with Gasteiger partial charge in [0.05, 0.1) is 11.4 Å². The fraction of sp³-hybridized carbons (Fsp3) is 0.455. The highest BCUT2D eigenvalue weighted by atomic mass is 19.1. The molecular formula is C11H14F2N2. The van der Waals surface area contributed by atoms with Gasteiger partial charge in [-0.2, -0.15) is 0 Å². The summed E-state index contributed by atoms with van der Waals surface area (Å²) in [6.45, 7) is 2.78. The van der Waals surface area contributed by atoms with Gasteiger partial charge in [-0.25, -0.2) is 8.78 Å². The van der Waals surface area contributed by atoms with Crippen LogP contribution in [0.2, 0.25) is 0 Å². The molecule has 0 bridgehead atoms. The molecular weight excluding hydrogens is 198 g/mol. The molecule has 0 spiro atoms. The Bertz CT molecular complexity index is 379. The second kappa shape index (κ2) is 3.68. The van der Waals surface area contributed by atoms with Crippen molar-refractivity contribution in [2.24, 2.45) is 0 Å². The third kappa shape index (κ3) is 1.64. The Hall–Kier alpha value is -1.32. The molecule has 1 aromatic rings. The second-order valence-electron chi connectivity index (χ2n) is 3.84. The average molecular weight is 212 g/mol. The number of nitrogens with one attached hydrogen (secondary N) is 1. The zero-order valence-electron chi connectivity index (χ0n) is 8.85. The standard InChI is InChI=1S/C11H14F2N2/c1-3-8-6-14-10-5-7(12)4-9(13)11(10)15(8)2/h4-5,8,14H,3,6H2,1-2H3. The second-order valence-corrected chi connectivity index (χ2v) is 3.84. The number of halogens is 2. The lowest BCUT2D eigenvalue weighted by Crippen LogP contribution is -2.41. The molecule has 1 heterocycles. The highest BCUT2D eigenvalue weighted by Crippen LogP contribution is 2.34. The van der Waals surface area contributed by atoms with Gasteiger partial charge in [-0.15, -0.1) is 0 Å². The molecule has 0 aromatic heterocycles. The Balaban J connectivity index is 2.47. The molecule has 4 heteroatoms. The van der Waals surface area contributed by atoms with Gasteiger partial charge in [0.15, 0.2) is 5.82 Å². The summed E-state index contributed by atoms with van der Waals surface area (Å²) >= 11 is 0. The molecule has 1 atom stereocenters. The molecule has 15 heavy (non-hydrogen) atoms. The van der Waals surface area contributed by atoms with E-state index >= 15 is 0 Å². The van der Waals surface area contributed by atoms with Crippen molar-refractivity contribution in [1.29, 1.82) is 0 Å². The predicted molar refractivity (Wildman–Crippen MR) is 57.3 cm³/mol. The Labute approximate surface area is 87.9 Å². The molecule has 2 nitrogen and oxygen atoms in total. The van der Waals surface area contributed by atoms with Gasteiger partial charge in [0.1, 0.15) is 5.82 Å². The Morgan fingerprint density at radius 3 is 2.87 bits per heavy atom. The first-order valence-corrected chi connectivity index (χ1v) is 5.09. The number of fused-ring (bicyclic) bond motifs is 1. The van der Waals surface area contributed by atoms with Gasteiger partial charge in [0, 0.05) is 25.7 Å². The van der Waals surface area contributed by atoms with Crippen molar-refractivity contribution in [3.63, 3.8) is 0 Å². The molecule has 0 saturated heterocycles. The smallest absolute Gasteiger partial charge is 0.151 e. The Morgan fingerprint density at radius 1 is 1.47 bits per heavy atom. The van der Waals surface area contributed by atoms with Gasteiger partial charge in [-0.1, -0.05) is 6.92 Å². The molecule has 0 radical (unpaired) electrons. The van der Waals surface area contributed by atoms with Crippen LogP contribution in [0, 0.1) is 11.6 Å². The fourth-order valence-corrected chi connectivity index (χ4v) is 2.02. The Kier molecular flexibility index (Phi) is 2.50. The van der Waals surface area contributed by atoms with Crippen molar-refractivity contribution in [1.82, 2.24) is 0 Å². The highest BCUT2D eigenvalue weighted by Gasteiger charge is 2.25. The summed E-state index contributed by atoms with van der Waals surface area (Å²) in [5.41, 5.74) is 1.01. The molecule has 1 unspecified atom stereocenters. The summed E-state index contributed by atoms with van der Waals surface area (Å²) in [7, 11) is 1.84. The van der Waals surface area contributed by atoms with Gasteiger partial charge < -0.3 is 10.2 Å². The molecule has 1 aromatic carbocycles. The van der Waals surface area contributed by atoms with Crippen molar-refractivity contribution in [2.75, 3.05) is 23.8 Å². The summed E-state index contributed by atoms with van der Waals surface area (Å²) < 4.78 is 26.5. The van der Waals surface area contributed by atoms with Crippen molar-refractivity contribution < 1.29 is 8.78 Å². The molecule has 0 fully saturated rings. The van der Waals surface area contributed by atoms with Crippen molar-refractivity contribution in [2.45, 2.75) is 19.4 Å². The van der Waals surface area contributed by atoms with Gasteiger partial charge in [0.2, 0.25) is 0 Å². The first-order valence-electron chi connectivity index (χ1n) is 5.09. The van der Waals surface area contributed by atoms with E-state index in [-0.39, 0.29) is 6.04 Å². The number of nitrogens with zero attached hydrogens (tertiary/aromatic N) is 1. The lowest BCUT2D eigenvalue weighted by atomic mass is 10.1. The van der Waals surface area contributed by atoms with Crippen molar-refractivity contribution >= 4 is 11.4 Å². The SMILES string of the molecule is CCC1CNc2cc(F)cc(F)c2N1C. The number of anilines is 2. The average Bonchev–Trinajstić information content (AvgIpc) is 2.17. The van der Waals surface area contributed by atoms with Gasteiger partial charge in [0.25, 0.3) is 0 Å².